The molecule has 0 amide bonds. The minimum absolute atomic E-state index is 0. The minimum atomic E-state index is 0. The first kappa shape index (κ1) is 24.3. The fourth-order valence-electron chi connectivity index (χ4n) is 3.48. The van der Waals surface area contributed by atoms with Gasteiger partial charge in [0.2, 0.25) is 0 Å². The molecule has 0 saturated carbocycles. The van der Waals surface area contributed by atoms with Gasteiger partial charge in [0.25, 0.3) is 0 Å². The number of nitrogens with zero attached hydrogens (tertiary/aromatic N) is 5. The Morgan fingerprint density at radius 1 is 1.17 bits per heavy atom. The molecule has 1 fully saturated rings. The van der Waals surface area contributed by atoms with Crippen LogP contribution in [0.5, 0.6) is 11.5 Å². The second-order valence-corrected chi connectivity index (χ2v) is 6.95. The van der Waals surface area contributed by atoms with Crippen molar-refractivity contribution in [1.29, 1.82) is 0 Å². The van der Waals surface area contributed by atoms with Crippen LogP contribution in [-0.2, 0) is 13.1 Å². The van der Waals surface area contributed by atoms with E-state index < -0.39 is 0 Å². The number of halogens is 1. The van der Waals surface area contributed by atoms with E-state index in [1.807, 2.05) is 29.1 Å². The van der Waals surface area contributed by atoms with Crippen LogP contribution in [0.25, 0.3) is 0 Å². The number of hydrogen-bond donors (Lipinski definition) is 1. The summed E-state index contributed by atoms with van der Waals surface area (Å²) < 4.78 is 12.8. The molecule has 0 spiro atoms. The lowest BCUT2D eigenvalue weighted by Gasteiger charge is -2.36. The first-order valence-corrected chi connectivity index (χ1v) is 10.2. The smallest absolute Gasteiger partial charge is 0.194 e. The van der Waals surface area contributed by atoms with Gasteiger partial charge in [-0.3, -0.25) is 14.6 Å². The maximum Gasteiger partial charge on any atom is 0.194 e. The number of aromatic nitrogens is 2. The van der Waals surface area contributed by atoms with Crippen molar-refractivity contribution < 1.29 is 9.47 Å². The van der Waals surface area contributed by atoms with Gasteiger partial charge in [0.05, 0.1) is 27.3 Å². The molecule has 0 bridgehead atoms. The van der Waals surface area contributed by atoms with Crippen LogP contribution >= 0.6 is 24.0 Å². The largest absolute Gasteiger partial charge is 0.497 e. The molecule has 3 rings (SSSR count). The maximum absolute atomic E-state index is 5.52. The summed E-state index contributed by atoms with van der Waals surface area (Å²) in [5, 5.41) is 7.66. The quantitative estimate of drug-likeness (QED) is 0.323. The third-order valence-corrected chi connectivity index (χ3v) is 5.04. The molecule has 0 atom stereocenters. The average Bonchev–Trinajstić information content (AvgIpc) is 3.27. The molecule has 0 aliphatic carbocycles. The van der Waals surface area contributed by atoms with Gasteiger partial charge in [0.1, 0.15) is 11.5 Å². The number of nitrogens with one attached hydrogen (secondary N) is 1. The zero-order valence-electron chi connectivity index (χ0n) is 18.1. The van der Waals surface area contributed by atoms with E-state index in [1.54, 1.807) is 20.4 Å². The Kier molecular flexibility index (Phi) is 10.2. The third kappa shape index (κ3) is 6.76. The molecule has 9 heteroatoms. The number of benzene rings is 1. The van der Waals surface area contributed by atoms with Crippen LogP contribution in [0, 0.1) is 0 Å². The molecule has 0 radical (unpaired) electrons. The van der Waals surface area contributed by atoms with Gasteiger partial charge in [-0.2, -0.15) is 5.10 Å². The van der Waals surface area contributed by atoms with Gasteiger partial charge in [-0.15, -0.1) is 24.0 Å². The van der Waals surface area contributed by atoms with Crippen molar-refractivity contribution in [2.24, 2.45) is 4.99 Å². The zero-order chi connectivity index (χ0) is 20.5. The Morgan fingerprint density at radius 2 is 1.97 bits per heavy atom. The Hall–Kier alpha value is -2.01. The Balaban J connectivity index is 0.00000320. The maximum atomic E-state index is 5.52. The van der Waals surface area contributed by atoms with Crippen molar-refractivity contribution >= 4 is 29.9 Å². The van der Waals surface area contributed by atoms with E-state index in [-0.39, 0.29) is 24.0 Å². The molecule has 2 aromatic rings. The highest BCUT2D eigenvalue weighted by Crippen LogP contribution is 2.25. The minimum Gasteiger partial charge on any atom is -0.497 e. The third-order valence-electron chi connectivity index (χ3n) is 5.04. The van der Waals surface area contributed by atoms with Crippen LogP contribution in [0.1, 0.15) is 12.5 Å². The van der Waals surface area contributed by atoms with Crippen LogP contribution in [0.4, 0.5) is 0 Å². The molecule has 1 aromatic carbocycles. The SMILES string of the molecule is CCNC(=NCCn1cccn1)N1CCN(Cc2cc(OC)ccc2OC)CC1.I. The number of rotatable bonds is 8. The van der Waals surface area contributed by atoms with Gasteiger partial charge < -0.3 is 19.7 Å². The number of methoxy groups -OCH3 is 2. The van der Waals surface area contributed by atoms with Crippen LogP contribution in [-0.4, -0.2) is 79.0 Å². The first-order valence-electron chi connectivity index (χ1n) is 10.2. The molecule has 1 aliphatic rings. The predicted molar refractivity (Wildman–Crippen MR) is 130 cm³/mol. The summed E-state index contributed by atoms with van der Waals surface area (Å²) in [6, 6.07) is 7.90. The fourth-order valence-corrected chi connectivity index (χ4v) is 3.48. The van der Waals surface area contributed by atoms with Crippen molar-refractivity contribution in [2.75, 3.05) is 53.5 Å². The van der Waals surface area contributed by atoms with Crippen LogP contribution in [0.2, 0.25) is 0 Å². The van der Waals surface area contributed by atoms with Gasteiger partial charge >= 0.3 is 0 Å². The van der Waals surface area contributed by atoms with E-state index >= 15 is 0 Å². The van der Waals surface area contributed by atoms with Crippen LogP contribution in [0.15, 0.2) is 41.7 Å². The first-order chi connectivity index (χ1) is 14.2. The summed E-state index contributed by atoms with van der Waals surface area (Å²) >= 11 is 0. The number of ether oxygens (including phenoxy) is 2. The van der Waals surface area contributed by atoms with Gasteiger partial charge in [-0.05, 0) is 31.2 Å². The summed E-state index contributed by atoms with van der Waals surface area (Å²) in [5.41, 5.74) is 1.15. The van der Waals surface area contributed by atoms with E-state index in [2.05, 4.69) is 33.2 Å². The molecule has 1 aliphatic heterocycles. The van der Waals surface area contributed by atoms with Crippen LogP contribution < -0.4 is 14.8 Å². The van der Waals surface area contributed by atoms with Gasteiger partial charge in [0, 0.05) is 57.2 Å². The van der Waals surface area contributed by atoms with Crippen LogP contribution in [0.3, 0.4) is 0 Å². The normalized spacial score (nSPS) is 14.9. The lowest BCUT2D eigenvalue weighted by molar-refractivity contribution is 0.171. The lowest BCUT2D eigenvalue weighted by atomic mass is 10.1. The van der Waals surface area contributed by atoms with Crippen molar-refractivity contribution in [1.82, 2.24) is 24.9 Å². The standard InChI is InChI=1S/C21H32N6O2.HI/c1-4-22-21(23-9-11-27-10-5-8-24-27)26-14-12-25(13-15-26)17-18-16-19(28-2)6-7-20(18)29-3;/h5-8,10,16H,4,9,11-15,17H2,1-3H3,(H,22,23);1H. The molecule has 166 valence electrons. The lowest BCUT2D eigenvalue weighted by Crippen LogP contribution is -2.52. The molecule has 2 heterocycles. The van der Waals surface area contributed by atoms with E-state index in [0.29, 0.717) is 6.54 Å². The van der Waals surface area contributed by atoms with E-state index in [4.69, 9.17) is 14.5 Å². The number of hydrogen-bond acceptors (Lipinski definition) is 5. The highest BCUT2D eigenvalue weighted by atomic mass is 127. The van der Waals surface area contributed by atoms with E-state index in [9.17, 15) is 0 Å². The second-order valence-electron chi connectivity index (χ2n) is 6.95. The number of guanidine groups is 1. The molecule has 1 N–H and O–H groups in total. The highest BCUT2D eigenvalue weighted by Gasteiger charge is 2.20. The molecule has 1 saturated heterocycles. The zero-order valence-corrected chi connectivity index (χ0v) is 20.4. The van der Waals surface area contributed by atoms with Gasteiger partial charge in [-0.1, -0.05) is 0 Å². The fraction of sp³-hybridized carbons (Fsp3) is 0.524. The molecule has 8 nitrogen and oxygen atoms in total. The van der Waals surface area contributed by atoms with Gasteiger partial charge in [-0.25, -0.2) is 0 Å². The highest BCUT2D eigenvalue weighted by molar-refractivity contribution is 14.0. The average molecular weight is 528 g/mol. The van der Waals surface area contributed by atoms with E-state index in [0.717, 1.165) is 68.8 Å². The Bertz CT molecular complexity index is 776. The molecule has 0 unspecified atom stereocenters. The summed E-state index contributed by atoms with van der Waals surface area (Å²) in [7, 11) is 3.41. The number of aliphatic imine (C=N–C) groups is 1. The molecule has 1 aromatic heterocycles. The van der Waals surface area contributed by atoms with Crippen molar-refractivity contribution in [3.63, 3.8) is 0 Å². The van der Waals surface area contributed by atoms with E-state index in [1.165, 1.54) is 0 Å². The summed E-state index contributed by atoms with van der Waals surface area (Å²) in [6.45, 7) is 9.16. The van der Waals surface area contributed by atoms with Crippen molar-refractivity contribution in [2.45, 2.75) is 20.0 Å². The predicted octanol–water partition coefficient (Wildman–Crippen LogP) is 2.30. The second kappa shape index (κ2) is 12.6. The topological polar surface area (TPSA) is 67.2 Å². The summed E-state index contributed by atoms with van der Waals surface area (Å²) in [5.74, 6) is 2.75. The van der Waals surface area contributed by atoms with Crippen molar-refractivity contribution in [3.8, 4) is 11.5 Å². The molecular weight excluding hydrogens is 495 g/mol. The molecular formula is C21H33IN6O2. The van der Waals surface area contributed by atoms with Gasteiger partial charge in [0.15, 0.2) is 5.96 Å². The van der Waals surface area contributed by atoms with Crippen molar-refractivity contribution in [3.05, 3.63) is 42.2 Å². The Morgan fingerprint density at radius 3 is 2.60 bits per heavy atom. The monoisotopic (exact) mass is 528 g/mol. The number of piperazine rings is 1. The summed E-state index contributed by atoms with van der Waals surface area (Å²) in [6.07, 6.45) is 3.76. The molecule has 30 heavy (non-hydrogen) atoms. The Labute approximate surface area is 196 Å². The summed E-state index contributed by atoms with van der Waals surface area (Å²) in [4.78, 5) is 9.57.